The van der Waals surface area contributed by atoms with Crippen molar-refractivity contribution in [1.29, 1.82) is 0 Å². The molecule has 1 aliphatic rings. The maximum absolute atomic E-state index is 13.3. The number of anilines is 1. The molecule has 1 aromatic carbocycles. The largest absolute Gasteiger partial charge is 0.341 e. The summed E-state index contributed by atoms with van der Waals surface area (Å²) in [5, 5.41) is 3.02. The van der Waals surface area contributed by atoms with Crippen molar-refractivity contribution in [2.75, 3.05) is 11.4 Å². The summed E-state index contributed by atoms with van der Waals surface area (Å²) < 4.78 is 13.3. The average Bonchev–Trinajstić information content (AvgIpc) is 3.00. The predicted octanol–water partition coefficient (Wildman–Crippen LogP) is 3.62. The zero-order valence-corrected chi connectivity index (χ0v) is 10.2. The quantitative estimate of drug-likeness (QED) is 0.807. The molecule has 1 unspecified atom stereocenters. The first kappa shape index (κ1) is 10.7. The van der Waals surface area contributed by atoms with Gasteiger partial charge in [0.1, 0.15) is 5.82 Å². The first-order valence-corrected chi connectivity index (χ1v) is 6.64. The normalized spacial score (nSPS) is 19.8. The van der Waals surface area contributed by atoms with Crippen molar-refractivity contribution in [2.24, 2.45) is 0 Å². The third kappa shape index (κ3) is 2.05. The van der Waals surface area contributed by atoms with Crippen LogP contribution in [-0.2, 0) is 0 Å². The Morgan fingerprint density at radius 1 is 1.41 bits per heavy atom. The molecule has 0 bridgehead atoms. The highest BCUT2D eigenvalue weighted by atomic mass is 32.1. The lowest BCUT2D eigenvalue weighted by molar-refractivity contribution is 0.618. The fourth-order valence-electron chi connectivity index (χ4n) is 2.41. The SMILES string of the molecule is Fc1cccc(C2CCCN2c2nccs2)c1. The van der Waals surface area contributed by atoms with Crippen LogP contribution in [0.3, 0.4) is 0 Å². The molecule has 0 amide bonds. The summed E-state index contributed by atoms with van der Waals surface area (Å²) in [5.74, 6) is -0.159. The molecule has 1 saturated heterocycles. The summed E-state index contributed by atoms with van der Waals surface area (Å²) in [6, 6.07) is 7.18. The summed E-state index contributed by atoms with van der Waals surface area (Å²) in [4.78, 5) is 6.62. The van der Waals surface area contributed by atoms with E-state index in [-0.39, 0.29) is 11.9 Å². The van der Waals surface area contributed by atoms with E-state index in [0.29, 0.717) is 0 Å². The van der Waals surface area contributed by atoms with Crippen molar-refractivity contribution >= 4 is 16.5 Å². The van der Waals surface area contributed by atoms with Gasteiger partial charge in [0, 0.05) is 18.1 Å². The Kier molecular flexibility index (Phi) is 2.81. The van der Waals surface area contributed by atoms with Gasteiger partial charge in [-0.15, -0.1) is 11.3 Å². The van der Waals surface area contributed by atoms with Gasteiger partial charge in [0.2, 0.25) is 0 Å². The van der Waals surface area contributed by atoms with E-state index in [1.807, 2.05) is 17.6 Å². The number of aromatic nitrogens is 1. The molecule has 0 radical (unpaired) electrons. The van der Waals surface area contributed by atoms with Crippen molar-refractivity contribution < 1.29 is 4.39 Å². The minimum atomic E-state index is -0.159. The lowest BCUT2D eigenvalue weighted by Gasteiger charge is -2.24. The summed E-state index contributed by atoms with van der Waals surface area (Å²) in [6.45, 7) is 1.01. The molecule has 0 spiro atoms. The second kappa shape index (κ2) is 4.45. The average molecular weight is 248 g/mol. The van der Waals surface area contributed by atoms with Gasteiger partial charge < -0.3 is 4.90 Å². The van der Waals surface area contributed by atoms with Gasteiger partial charge in [0.25, 0.3) is 0 Å². The summed E-state index contributed by atoms with van der Waals surface area (Å²) in [5.41, 5.74) is 1.05. The molecule has 2 nitrogen and oxygen atoms in total. The van der Waals surface area contributed by atoms with Crippen LogP contribution >= 0.6 is 11.3 Å². The van der Waals surface area contributed by atoms with Gasteiger partial charge in [-0.3, -0.25) is 0 Å². The van der Waals surface area contributed by atoms with E-state index in [4.69, 9.17) is 0 Å². The van der Waals surface area contributed by atoms with Gasteiger partial charge in [0.15, 0.2) is 5.13 Å². The summed E-state index contributed by atoms with van der Waals surface area (Å²) in [7, 11) is 0. The van der Waals surface area contributed by atoms with Crippen molar-refractivity contribution in [3.05, 3.63) is 47.2 Å². The van der Waals surface area contributed by atoms with Gasteiger partial charge in [-0.05, 0) is 30.5 Å². The van der Waals surface area contributed by atoms with Gasteiger partial charge in [-0.2, -0.15) is 0 Å². The molecule has 1 aliphatic heterocycles. The first-order chi connectivity index (χ1) is 8.34. The molecule has 88 valence electrons. The Labute approximate surface area is 104 Å². The Bertz CT molecular complexity index is 498. The monoisotopic (exact) mass is 248 g/mol. The molecule has 2 heterocycles. The van der Waals surface area contributed by atoms with Crippen molar-refractivity contribution in [3.8, 4) is 0 Å². The van der Waals surface area contributed by atoms with E-state index in [1.165, 1.54) is 6.07 Å². The second-order valence-electron chi connectivity index (χ2n) is 4.22. The number of halogens is 1. The minimum Gasteiger partial charge on any atom is -0.341 e. The number of nitrogens with zero attached hydrogens (tertiary/aromatic N) is 2. The van der Waals surface area contributed by atoms with E-state index in [2.05, 4.69) is 9.88 Å². The van der Waals surface area contributed by atoms with Crippen LogP contribution in [0.5, 0.6) is 0 Å². The first-order valence-electron chi connectivity index (χ1n) is 5.76. The molecule has 3 rings (SSSR count). The smallest absolute Gasteiger partial charge is 0.185 e. The topological polar surface area (TPSA) is 16.1 Å². The lowest BCUT2D eigenvalue weighted by atomic mass is 10.0. The predicted molar refractivity (Wildman–Crippen MR) is 67.8 cm³/mol. The fourth-order valence-corrected chi connectivity index (χ4v) is 3.13. The van der Waals surface area contributed by atoms with Crippen LogP contribution in [-0.4, -0.2) is 11.5 Å². The molecular formula is C13H13FN2S. The van der Waals surface area contributed by atoms with Crippen LogP contribution in [0.1, 0.15) is 24.4 Å². The number of hydrogen-bond acceptors (Lipinski definition) is 3. The standard InChI is InChI=1S/C13H13FN2S/c14-11-4-1-3-10(9-11)12-5-2-7-16(12)13-15-6-8-17-13/h1,3-4,6,8-9,12H,2,5,7H2. The van der Waals surface area contributed by atoms with Crippen molar-refractivity contribution in [1.82, 2.24) is 4.98 Å². The molecular weight excluding hydrogens is 235 g/mol. The minimum absolute atomic E-state index is 0.159. The highest BCUT2D eigenvalue weighted by Crippen LogP contribution is 2.36. The van der Waals surface area contributed by atoms with Crippen LogP contribution in [0.15, 0.2) is 35.8 Å². The van der Waals surface area contributed by atoms with E-state index >= 15 is 0 Å². The molecule has 4 heteroatoms. The van der Waals surface area contributed by atoms with Crippen molar-refractivity contribution in [2.45, 2.75) is 18.9 Å². The maximum atomic E-state index is 13.3. The number of thiazole rings is 1. The molecule has 1 atom stereocenters. The number of hydrogen-bond donors (Lipinski definition) is 0. The van der Waals surface area contributed by atoms with Crippen LogP contribution in [0.2, 0.25) is 0 Å². The number of rotatable bonds is 2. The van der Waals surface area contributed by atoms with E-state index in [0.717, 1.165) is 30.1 Å². The Balaban J connectivity index is 1.92. The van der Waals surface area contributed by atoms with Crippen LogP contribution in [0.4, 0.5) is 9.52 Å². The van der Waals surface area contributed by atoms with Gasteiger partial charge in [0.05, 0.1) is 6.04 Å². The molecule has 1 fully saturated rings. The van der Waals surface area contributed by atoms with Crippen LogP contribution in [0, 0.1) is 5.82 Å². The second-order valence-corrected chi connectivity index (χ2v) is 5.09. The van der Waals surface area contributed by atoms with Gasteiger partial charge >= 0.3 is 0 Å². The summed E-state index contributed by atoms with van der Waals surface area (Å²) in [6.07, 6.45) is 4.03. The molecule has 2 aromatic rings. The van der Waals surface area contributed by atoms with Gasteiger partial charge in [-0.1, -0.05) is 12.1 Å². The fraction of sp³-hybridized carbons (Fsp3) is 0.308. The molecule has 0 aliphatic carbocycles. The number of benzene rings is 1. The maximum Gasteiger partial charge on any atom is 0.185 e. The zero-order chi connectivity index (χ0) is 11.7. The highest BCUT2D eigenvalue weighted by Gasteiger charge is 2.27. The molecule has 17 heavy (non-hydrogen) atoms. The molecule has 0 saturated carbocycles. The molecule has 0 N–H and O–H groups in total. The van der Waals surface area contributed by atoms with E-state index < -0.39 is 0 Å². The highest BCUT2D eigenvalue weighted by molar-refractivity contribution is 7.13. The van der Waals surface area contributed by atoms with E-state index in [1.54, 1.807) is 23.5 Å². The van der Waals surface area contributed by atoms with Crippen LogP contribution in [0.25, 0.3) is 0 Å². The van der Waals surface area contributed by atoms with Crippen LogP contribution < -0.4 is 4.90 Å². The third-order valence-electron chi connectivity index (χ3n) is 3.15. The zero-order valence-electron chi connectivity index (χ0n) is 9.34. The van der Waals surface area contributed by atoms with Gasteiger partial charge in [-0.25, -0.2) is 9.37 Å². The Morgan fingerprint density at radius 3 is 3.12 bits per heavy atom. The lowest BCUT2D eigenvalue weighted by Crippen LogP contribution is -2.22. The Morgan fingerprint density at radius 2 is 2.35 bits per heavy atom. The summed E-state index contributed by atoms with van der Waals surface area (Å²) >= 11 is 1.64. The van der Waals surface area contributed by atoms with Crippen molar-refractivity contribution in [3.63, 3.8) is 0 Å². The van der Waals surface area contributed by atoms with E-state index in [9.17, 15) is 4.39 Å². The third-order valence-corrected chi connectivity index (χ3v) is 3.96. The Hall–Kier alpha value is -1.42. The molecule has 1 aromatic heterocycles.